The Labute approximate surface area is 125 Å². The van der Waals surface area contributed by atoms with Crippen molar-refractivity contribution in [3.63, 3.8) is 0 Å². The molecule has 3 nitrogen and oxygen atoms in total. The summed E-state index contributed by atoms with van der Waals surface area (Å²) in [6.45, 7) is 0.255. The molecule has 0 bridgehead atoms. The fourth-order valence-electron chi connectivity index (χ4n) is 1.94. The summed E-state index contributed by atoms with van der Waals surface area (Å²) >= 11 is 7.61. The van der Waals surface area contributed by atoms with Gasteiger partial charge in [-0.25, -0.2) is 4.98 Å². The van der Waals surface area contributed by atoms with Crippen LogP contribution in [-0.2, 0) is 0 Å². The van der Waals surface area contributed by atoms with Gasteiger partial charge in [0.25, 0.3) is 0 Å². The van der Waals surface area contributed by atoms with E-state index in [0.717, 1.165) is 20.8 Å². The largest absolute Gasteiger partial charge is 0.489 e. The molecular weight excluding hydrogens is 294 g/mol. The first-order valence-electron chi connectivity index (χ1n) is 6.17. The number of aromatic nitrogens is 1. The van der Waals surface area contributed by atoms with Crippen LogP contribution in [0.25, 0.3) is 20.8 Å². The fourth-order valence-corrected chi connectivity index (χ4v) is 3.11. The molecule has 3 aromatic rings. The summed E-state index contributed by atoms with van der Waals surface area (Å²) in [4.78, 5) is 4.63. The topological polar surface area (TPSA) is 42.4 Å². The molecule has 5 heteroatoms. The maximum atomic E-state index is 8.86. The van der Waals surface area contributed by atoms with Crippen molar-refractivity contribution < 1.29 is 9.84 Å². The van der Waals surface area contributed by atoms with Gasteiger partial charge in [0.1, 0.15) is 22.9 Å². The molecular formula is C15H12ClNO2S. The highest BCUT2D eigenvalue weighted by Gasteiger charge is 2.10. The Morgan fingerprint density at radius 1 is 1.20 bits per heavy atom. The number of hydrogen-bond donors (Lipinski definition) is 1. The van der Waals surface area contributed by atoms with Crippen LogP contribution in [0.15, 0.2) is 42.5 Å². The van der Waals surface area contributed by atoms with E-state index in [1.54, 1.807) is 11.3 Å². The zero-order chi connectivity index (χ0) is 13.9. The zero-order valence-corrected chi connectivity index (χ0v) is 12.1. The Morgan fingerprint density at radius 3 is 2.85 bits per heavy atom. The van der Waals surface area contributed by atoms with Crippen molar-refractivity contribution in [3.05, 3.63) is 47.5 Å². The van der Waals surface area contributed by atoms with Crippen molar-refractivity contribution in [1.82, 2.24) is 4.98 Å². The number of fused-ring (bicyclic) bond motifs is 1. The molecule has 102 valence electrons. The Bertz CT molecular complexity index is 742. The van der Waals surface area contributed by atoms with Crippen LogP contribution in [0.1, 0.15) is 0 Å². The van der Waals surface area contributed by atoms with Crippen LogP contribution in [0.2, 0.25) is 5.02 Å². The number of halogens is 1. The minimum absolute atomic E-state index is 0.0122. The SMILES string of the molecule is OCCOc1cccc2sc(-c3cccc(Cl)c3)nc12. The van der Waals surface area contributed by atoms with E-state index < -0.39 is 0 Å². The van der Waals surface area contributed by atoms with Crippen LogP contribution < -0.4 is 4.74 Å². The molecule has 0 unspecified atom stereocenters. The number of nitrogens with zero attached hydrogens (tertiary/aromatic N) is 1. The van der Waals surface area contributed by atoms with Crippen molar-refractivity contribution in [3.8, 4) is 16.3 Å². The predicted octanol–water partition coefficient (Wildman–Crippen LogP) is 3.99. The quantitative estimate of drug-likeness (QED) is 0.792. The number of aliphatic hydroxyl groups is 1. The van der Waals surface area contributed by atoms with E-state index in [-0.39, 0.29) is 13.2 Å². The lowest BCUT2D eigenvalue weighted by Gasteiger charge is -2.03. The third-order valence-corrected chi connectivity index (χ3v) is 4.11. The van der Waals surface area contributed by atoms with Crippen LogP contribution in [0.3, 0.4) is 0 Å². The molecule has 0 amide bonds. The van der Waals surface area contributed by atoms with E-state index in [1.807, 2.05) is 42.5 Å². The lowest BCUT2D eigenvalue weighted by atomic mass is 10.2. The Balaban J connectivity index is 2.06. The Hall–Kier alpha value is -1.62. The highest BCUT2D eigenvalue weighted by molar-refractivity contribution is 7.21. The van der Waals surface area contributed by atoms with E-state index in [1.165, 1.54) is 0 Å². The van der Waals surface area contributed by atoms with Crippen molar-refractivity contribution in [2.75, 3.05) is 13.2 Å². The van der Waals surface area contributed by atoms with Crippen LogP contribution >= 0.6 is 22.9 Å². The zero-order valence-electron chi connectivity index (χ0n) is 10.5. The molecule has 1 N–H and O–H groups in total. The summed E-state index contributed by atoms with van der Waals surface area (Å²) in [6.07, 6.45) is 0. The third-order valence-electron chi connectivity index (χ3n) is 2.80. The maximum absolute atomic E-state index is 8.86. The second-order valence-electron chi connectivity index (χ2n) is 4.20. The fraction of sp³-hybridized carbons (Fsp3) is 0.133. The number of para-hydroxylation sites is 1. The molecule has 1 heterocycles. The average Bonchev–Trinajstić information content (AvgIpc) is 2.89. The smallest absolute Gasteiger partial charge is 0.146 e. The molecule has 20 heavy (non-hydrogen) atoms. The van der Waals surface area contributed by atoms with Crippen molar-refractivity contribution >= 4 is 33.2 Å². The Kier molecular flexibility index (Phi) is 3.87. The number of ether oxygens (including phenoxy) is 1. The molecule has 0 aliphatic carbocycles. The highest BCUT2D eigenvalue weighted by atomic mass is 35.5. The lowest BCUT2D eigenvalue weighted by molar-refractivity contribution is 0.202. The monoisotopic (exact) mass is 305 g/mol. The van der Waals surface area contributed by atoms with Crippen LogP contribution in [0, 0.1) is 0 Å². The molecule has 0 atom stereocenters. The van der Waals surface area contributed by atoms with Crippen molar-refractivity contribution in [1.29, 1.82) is 0 Å². The van der Waals surface area contributed by atoms with Gasteiger partial charge in [-0.1, -0.05) is 29.8 Å². The molecule has 3 rings (SSSR count). The van der Waals surface area contributed by atoms with Crippen LogP contribution in [0.5, 0.6) is 5.75 Å². The van der Waals surface area contributed by atoms with E-state index in [0.29, 0.717) is 10.8 Å². The van der Waals surface area contributed by atoms with Gasteiger partial charge in [-0.15, -0.1) is 11.3 Å². The molecule has 0 radical (unpaired) electrons. The predicted molar refractivity (Wildman–Crippen MR) is 82.6 cm³/mol. The van der Waals surface area contributed by atoms with E-state index >= 15 is 0 Å². The average molecular weight is 306 g/mol. The molecule has 2 aromatic carbocycles. The summed E-state index contributed by atoms with van der Waals surface area (Å²) < 4.78 is 6.56. The molecule has 0 aliphatic heterocycles. The molecule has 0 saturated carbocycles. The van der Waals surface area contributed by atoms with E-state index in [4.69, 9.17) is 21.4 Å². The molecule has 0 aliphatic rings. The van der Waals surface area contributed by atoms with Gasteiger partial charge >= 0.3 is 0 Å². The van der Waals surface area contributed by atoms with E-state index in [9.17, 15) is 0 Å². The minimum atomic E-state index is -0.0122. The molecule has 0 saturated heterocycles. The minimum Gasteiger partial charge on any atom is -0.489 e. The first kappa shape index (κ1) is 13.4. The van der Waals surface area contributed by atoms with Crippen molar-refractivity contribution in [2.45, 2.75) is 0 Å². The van der Waals surface area contributed by atoms with Crippen molar-refractivity contribution in [2.24, 2.45) is 0 Å². The standard InChI is InChI=1S/C15H12ClNO2S/c16-11-4-1-3-10(9-11)15-17-14-12(19-8-7-18)5-2-6-13(14)20-15/h1-6,9,18H,7-8H2. The van der Waals surface area contributed by atoms with Crippen LogP contribution in [-0.4, -0.2) is 23.3 Å². The van der Waals surface area contributed by atoms with Gasteiger partial charge in [-0.05, 0) is 24.3 Å². The summed E-state index contributed by atoms with van der Waals surface area (Å²) in [5, 5.41) is 10.5. The number of benzene rings is 2. The number of aliphatic hydroxyl groups excluding tert-OH is 1. The van der Waals surface area contributed by atoms with Gasteiger partial charge in [0.05, 0.1) is 11.3 Å². The normalized spacial score (nSPS) is 10.9. The van der Waals surface area contributed by atoms with Crippen LogP contribution in [0.4, 0.5) is 0 Å². The number of rotatable bonds is 4. The van der Waals surface area contributed by atoms with E-state index in [2.05, 4.69) is 4.98 Å². The number of hydrogen-bond acceptors (Lipinski definition) is 4. The summed E-state index contributed by atoms with van der Waals surface area (Å²) in [5.41, 5.74) is 1.81. The molecule has 0 fully saturated rings. The first-order chi connectivity index (χ1) is 9.78. The van der Waals surface area contributed by atoms with Gasteiger partial charge in [0.2, 0.25) is 0 Å². The first-order valence-corrected chi connectivity index (χ1v) is 7.36. The lowest BCUT2D eigenvalue weighted by Crippen LogP contribution is -2.01. The second-order valence-corrected chi connectivity index (χ2v) is 5.67. The maximum Gasteiger partial charge on any atom is 0.146 e. The summed E-state index contributed by atoms with van der Waals surface area (Å²) in [5.74, 6) is 0.695. The molecule has 1 aromatic heterocycles. The van der Waals surface area contributed by atoms with Gasteiger partial charge < -0.3 is 9.84 Å². The number of thiazole rings is 1. The van der Waals surface area contributed by atoms with Gasteiger partial charge in [0.15, 0.2) is 0 Å². The third kappa shape index (κ3) is 2.63. The van der Waals surface area contributed by atoms with Gasteiger partial charge in [-0.3, -0.25) is 0 Å². The summed E-state index contributed by atoms with van der Waals surface area (Å²) in [6, 6.07) is 13.4. The van der Waals surface area contributed by atoms with Gasteiger partial charge in [0, 0.05) is 10.6 Å². The summed E-state index contributed by atoms with van der Waals surface area (Å²) in [7, 11) is 0. The molecule has 0 spiro atoms. The Morgan fingerprint density at radius 2 is 2.05 bits per heavy atom. The highest BCUT2D eigenvalue weighted by Crippen LogP contribution is 2.35. The second kappa shape index (κ2) is 5.79. The van der Waals surface area contributed by atoms with Gasteiger partial charge in [-0.2, -0.15) is 0 Å².